The van der Waals surface area contributed by atoms with Gasteiger partial charge in [-0.3, -0.25) is 15.1 Å². The largest absolute Gasteiger partial charge is 0.288 e. The van der Waals surface area contributed by atoms with Gasteiger partial charge in [-0.15, -0.1) is 10.2 Å². The lowest BCUT2D eigenvalue weighted by Crippen LogP contribution is -2.16. The molecule has 2 heterocycles. The molecule has 0 spiro atoms. The summed E-state index contributed by atoms with van der Waals surface area (Å²) in [5, 5.41) is 11.0. The summed E-state index contributed by atoms with van der Waals surface area (Å²) in [5.41, 5.74) is 3.21. The lowest BCUT2D eigenvalue weighted by atomic mass is 10.0. The summed E-state index contributed by atoms with van der Waals surface area (Å²) >= 11 is 0. The first kappa shape index (κ1) is 16.5. The van der Waals surface area contributed by atoms with E-state index in [1.807, 2.05) is 60.7 Å². The Morgan fingerprint density at radius 3 is 2.07 bits per heavy atom. The Morgan fingerprint density at radius 1 is 0.778 bits per heavy atom. The van der Waals surface area contributed by atoms with E-state index in [0.717, 1.165) is 11.1 Å². The smallest absolute Gasteiger partial charge is 0.278 e. The van der Waals surface area contributed by atoms with Crippen molar-refractivity contribution in [2.75, 3.05) is 5.32 Å². The van der Waals surface area contributed by atoms with Crippen molar-refractivity contribution >= 4 is 11.9 Å². The number of anilines is 1. The molecule has 0 aliphatic rings. The second kappa shape index (κ2) is 7.49. The number of aromatic nitrogens is 5. The third-order valence-electron chi connectivity index (χ3n) is 3.80. The van der Waals surface area contributed by atoms with Crippen LogP contribution >= 0.6 is 0 Å². The van der Waals surface area contributed by atoms with E-state index in [0.29, 0.717) is 11.4 Å². The van der Waals surface area contributed by atoms with Crippen molar-refractivity contribution in [3.05, 3.63) is 84.9 Å². The van der Waals surface area contributed by atoms with E-state index >= 15 is 0 Å². The zero-order chi connectivity index (χ0) is 18.5. The van der Waals surface area contributed by atoms with Gasteiger partial charge >= 0.3 is 0 Å². The van der Waals surface area contributed by atoms with Gasteiger partial charge in [0.2, 0.25) is 5.95 Å². The topological polar surface area (TPSA) is 93.6 Å². The fourth-order valence-corrected chi connectivity index (χ4v) is 2.55. The monoisotopic (exact) mass is 354 g/mol. The first-order chi connectivity index (χ1) is 13.3. The van der Waals surface area contributed by atoms with Gasteiger partial charge in [0.1, 0.15) is 17.1 Å². The Labute approximate surface area is 155 Å². The first-order valence-corrected chi connectivity index (χ1v) is 8.24. The molecule has 2 aromatic heterocycles. The molecule has 27 heavy (non-hydrogen) atoms. The Kier molecular flexibility index (Phi) is 4.57. The SMILES string of the molecule is O=C(Nc1nnc(-c2ccccc2)c(-c2ccccc2)n1)c1cnccn1. The number of carbonyl (C=O) groups is 1. The maximum atomic E-state index is 12.3. The van der Waals surface area contributed by atoms with E-state index in [2.05, 4.69) is 30.5 Å². The summed E-state index contributed by atoms with van der Waals surface area (Å²) in [6, 6.07) is 19.3. The average molecular weight is 354 g/mol. The molecule has 0 aliphatic carbocycles. The Morgan fingerprint density at radius 2 is 1.44 bits per heavy atom. The van der Waals surface area contributed by atoms with Gasteiger partial charge in [0, 0.05) is 23.5 Å². The number of hydrogen-bond donors (Lipinski definition) is 1. The molecule has 4 aromatic rings. The van der Waals surface area contributed by atoms with Gasteiger partial charge in [0.25, 0.3) is 5.91 Å². The van der Waals surface area contributed by atoms with Crippen molar-refractivity contribution < 1.29 is 4.79 Å². The molecular weight excluding hydrogens is 340 g/mol. The normalized spacial score (nSPS) is 10.4. The molecule has 7 nitrogen and oxygen atoms in total. The standard InChI is InChI=1S/C20H14N6O/c27-19(16-13-21-11-12-22-16)24-20-23-17(14-7-3-1-4-8-14)18(25-26-20)15-9-5-2-6-10-15/h1-13H,(H,23,24,26,27). The number of amides is 1. The minimum atomic E-state index is -0.448. The molecule has 0 radical (unpaired) electrons. The summed E-state index contributed by atoms with van der Waals surface area (Å²) in [5.74, 6) is -0.347. The first-order valence-electron chi connectivity index (χ1n) is 8.24. The van der Waals surface area contributed by atoms with Crippen LogP contribution in [-0.2, 0) is 0 Å². The predicted octanol–water partition coefficient (Wildman–Crippen LogP) is 3.25. The van der Waals surface area contributed by atoms with Crippen molar-refractivity contribution in [1.82, 2.24) is 25.1 Å². The van der Waals surface area contributed by atoms with Gasteiger partial charge in [0.05, 0.1) is 6.20 Å². The zero-order valence-corrected chi connectivity index (χ0v) is 14.1. The van der Waals surface area contributed by atoms with Crippen LogP contribution in [-0.4, -0.2) is 31.1 Å². The fourth-order valence-electron chi connectivity index (χ4n) is 2.55. The van der Waals surface area contributed by atoms with E-state index in [9.17, 15) is 4.79 Å². The summed E-state index contributed by atoms with van der Waals surface area (Å²) in [6.07, 6.45) is 4.32. The van der Waals surface area contributed by atoms with E-state index in [-0.39, 0.29) is 11.6 Å². The van der Waals surface area contributed by atoms with Crippen LogP contribution < -0.4 is 5.32 Å². The summed E-state index contributed by atoms with van der Waals surface area (Å²) in [7, 11) is 0. The maximum Gasteiger partial charge on any atom is 0.278 e. The van der Waals surface area contributed by atoms with E-state index in [1.165, 1.54) is 18.6 Å². The van der Waals surface area contributed by atoms with Crippen molar-refractivity contribution in [1.29, 1.82) is 0 Å². The number of nitrogens with one attached hydrogen (secondary N) is 1. The van der Waals surface area contributed by atoms with Gasteiger partial charge in [0.15, 0.2) is 0 Å². The molecule has 0 atom stereocenters. The molecule has 1 N–H and O–H groups in total. The lowest BCUT2D eigenvalue weighted by Gasteiger charge is -2.10. The van der Waals surface area contributed by atoms with Crippen LogP contribution in [0.25, 0.3) is 22.5 Å². The van der Waals surface area contributed by atoms with Crippen molar-refractivity contribution in [3.8, 4) is 22.5 Å². The number of carbonyl (C=O) groups excluding carboxylic acids is 1. The fraction of sp³-hybridized carbons (Fsp3) is 0. The summed E-state index contributed by atoms with van der Waals surface area (Å²) < 4.78 is 0. The zero-order valence-electron chi connectivity index (χ0n) is 14.1. The van der Waals surface area contributed by atoms with Crippen molar-refractivity contribution in [2.45, 2.75) is 0 Å². The molecular formula is C20H14N6O. The molecule has 0 bridgehead atoms. The molecule has 0 fully saturated rings. The van der Waals surface area contributed by atoms with Crippen molar-refractivity contribution in [2.24, 2.45) is 0 Å². The van der Waals surface area contributed by atoms with Crippen molar-refractivity contribution in [3.63, 3.8) is 0 Å². The molecule has 1 amide bonds. The lowest BCUT2D eigenvalue weighted by molar-refractivity contribution is 0.102. The van der Waals surface area contributed by atoms with Gasteiger partial charge in [-0.1, -0.05) is 60.7 Å². The van der Waals surface area contributed by atoms with Crippen LogP contribution in [0, 0.1) is 0 Å². The minimum Gasteiger partial charge on any atom is -0.288 e. The second-order valence-electron chi connectivity index (χ2n) is 5.61. The highest BCUT2D eigenvalue weighted by Crippen LogP contribution is 2.28. The molecule has 0 saturated heterocycles. The molecule has 130 valence electrons. The third kappa shape index (κ3) is 3.67. The van der Waals surface area contributed by atoms with Gasteiger partial charge in [-0.25, -0.2) is 9.97 Å². The molecule has 0 unspecified atom stereocenters. The third-order valence-corrected chi connectivity index (χ3v) is 3.80. The van der Waals surface area contributed by atoms with E-state index in [1.54, 1.807) is 0 Å². The number of rotatable bonds is 4. The molecule has 4 rings (SSSR count). The van der Waals surface area contributed by atoms with Gasteiger partial charge < -0.3 is 0 Å². The molecule has 2 aromatic carbocycles. The van der Waals surface area contributed by atoms with Crippen LogP contribution in [0.5, 0.6) is 0 Å². The van der Waals surface area contributed by atoms with Gasteiger partial charge in [-0.2, -0.15) is 0 Å². The summed E-state index contributed by atoms with van der Waals surface area (Å²) in [6.45, 7) is 0. The van der Waals surface area contributed by atoms with Gasteiger partial charge in [-0.05, 0) is 0 Å². The highest BCUT2D eigenvalue weighted by atomic mass is 16.2. The van der Waals surface area contributed by atoms with Crippen LogP contribution in [0.3, 0.4) is 0 Å². The average Bonchev–Trinajstić information content (AvgIpc) is 2.75. The van der Waals surface area contributed by atoms with Crippen LogP contribution in [0.2, 0.25) is 0 Å². The van der Waals surface area contributed by atoms with E-state index in [4.69, 9.17) is 0 Å². The highest BCUT2D eigenvalue weighted by molar-refractivity contribution is 6.01. The molecule has 0 saturated carbocycles. The van der Waals surface area contributed by atoms with Crippen LogP contribution in [0.4, 0.5) is 5.95 Å². The Bertz CT molecular complexity index is 1060. The number of hydrogen-bond acceptors (Lipinski definition) is 6. The number of nitrogens with zero attached hydrogens (tertiary/aromatic N) is 5. The quantitative estimate of drug-likeness (QED) is 0.605. The second-order valence-corrected chi connectivity index (χ2v) is 5.61. The van der Waals surface area contributed by atoms with E-state index < -0.39 is 5.91 Å². The summed E-state index contributed by atoms with van der Waals surface area (Å²) in [4.78, 5) is 24.7. The minimum absolute atomic E-state index is 0.101. The predicted molar refractivity (Wildman–Crippen MR) is 101 cm³/mol. The van der Waals surface area contributed by atoms with Crippen LogP contribution in [0.1, 0.15) is 10.5 Å². The molecule has 7 heteroatoms. The Hall–Kier alpha value is -4.00. The highest BCUT2D eigenvalue weighted by Gasteiger charge is 2.15. The Balaban J connectivity index is 1.74. The van der Waals surface area contributed by atoms with Crippen LogP contribution in [0.15, 0.2) is 79.3 Å². The maximum absolute atomic E-state index is 12.3. The number of benzene rings is 2. The molecule has 0 aliphatic heterocycles.